The summed E-state index contributed by atoms with van der Waals surface area (Å²) in [7, 11) is 0. The highest BCUT2D eigenvalue weighted by Gasteiger charge is 2.36. The van der Waals surface area contributed by atoms with Gasteiger partial charge in [-0.3, -0.25) is 4.90 Å². The fourth-order valence-corrected chi connectivity index (χ4v) is 5.04. The third-order valence-electron chi connectivity index (χ3n) is 6.80. The zero-order chi connectivity index (χ0) is 23.3. The highest BCUT2D eigenvalue weighted by Crippen LogP contribution is 2.23. The number of aliphatic hydroxyl groups excluding tert-OH is 1. The quantitative estimate of drug-likeness (QED) is 0.642. The Morgan fingerprint density at radius 1 is 1.12 bits per heavy atom. The maximum atomic E-state index is 12.7. The van der Waals surface area contributed by atoms with Gasteiger partial charge in [0.1, 0.15) is 6.61 Å². The Kier molecular flexibility index (Phi) is 7.68. The van der Waals surface area contributed by atoms with Crippen molar-refractivity contribution in [1.29, 1.82) is 0 Å². The Morgan fingerprint density at radius 3 is 2.64 bits per heavy atom. The first-order valence-corrected chi connectivity index (χ1v) is 12.1. The van der Waals surface area contributed by atoms with Gasteiger partial charge in [-0.15, -0.1) is 0 Å². The van der Waals surface area contributed by atoms with Gasteiger partial charge in [0, 0.05) is 38.3 Å². The van der Waals surface area contributed by atoms with Gasteiger partial charge in [-0.25, -0.2) is 4.79 Å². The predicted molar refractivity (Wildman–Crippen MR) is 130 cm³/mol. The fourth-order valence-electron chi connectivity index (χ4n) is 5.04. The fraction of sp³-hybridized carbons (Fsp3) is 0.519. The van der Waals surface area contributed by atoms with Crippen molar-refractivity contribution in [3.05, 3.63) is 71.3 Å². The number of carbonyl (C=O) groups is 1. The van der Waals surface area contributed by atoms with Gasteiger partial charge < -0.3 is 20.1 Å². The molecular weight excluding hydrogens is 414 g/mol. The number of benzene rings is 2. The second kappa shape index (κ2) is 10.7. The van der Waals surface area contributed by atoms with Gasteiger partial charge in [-0.05, 0) is 49.8 Å². The summed E-state index contributed by atoms with van der Waals surface area (Å²) in [6.45, 7) is 8.62. The standard InChI is InChI=1S/C27H37N3O3/c1-27(2,20-29-16-14-22-11-6-7-12-23(22)18-29)28-17-25(31)24-13-8-15-30(24)26(32)33-19-21-9-4-3-5-10-21/h3-7,9-12,24-25,28,31H,8,13-20H2,1-2H3. The number of fused-ring (bicyclic) bond motifs is 1. The van der Waals surface area contributed by atoms with Crippen LogP contribution in [0.5, 0.6) is 0 Å². The van der Waals surface area contributed by atoms with Gasteiger partial charge >= 0.3 is 6.09 Å². The van der Waals surface area contributed by atoms with Crippen molar-refractivity contribution in [1.82, 2.24) is 15.1 Å². The average molecular weight is 452 g/mol. The van der Waals surface area contributed by atoms with E-state index in [4.69, 9.17) is 4.74 Å². The Hall–Kier alpha value is -2.41. The lowest BCUT2D eigenvalue weighted by Crippen LogP contribution is -2.54. The lowest BCUT2D eigenvalue weighted by Gasteiger charge is -2.37. The molecular formula is C27H37N3O3. The topological polar surface area (TPSA) is 65.0 Å². The molecule has 1 saturated heterocycles. The molecule has 0 aromatic heterocycles. The van der Waals surface area contributed by atoms with E-state index in [1.807, 2.05) is 30.3 Å². The summed E-state index contributed by atoms with van der Waals surface area (Å²) in [6, 6.07) is 18.2. The molecule has 178 valence electrons. The third kappa shape index (κ3) is 6.34. The third-order valence-corrected chi connectivity index (χ3v) is 6.80. The molecule has 1 amide bonds. The molecule has 2 heterocycles. The van der Waals surface area contributed by atoms with Gasteiger partial charge in [0.25, 0.3) is 0 Å². The van der Waals surface area contributed by atoms with Crippen molar-refractivity contribution in [2.75, 3.05) is 26.2 Å². The number of ether oxygens (including phenoxy) is 1. The van der Waals surface area contributed by atoms with Crippen LogP contribution in [0.4, 0.5) is 4.79 Å². The summed E-state index contributed by atoms with van der Waals surface area (Å²) in [6.07, 6.45) is 1.80. The smallest absolute Gasteiger partial charge is 0.410 e. The molecule has 2 N–H and O–H groups in total. The predicted octanol–water partition coefficient (Wildman–Crippen LogP) is 3.58. The van der Waals surface area contributed by atoms with Gasteiger partial charge in [-0.2, -0.15) is 0 Å². The molecule has 0 saturated carbocycles. The summed E-state index contributed by atoms with van der Waals surface area (Å²) in [5.74, 6) is 0. The van der Waals surface area contributed by atoms with E-state index in [-0.39, 0.29) is 24.3 Å². The molecule has 6 nitrogen and oxygen atoms in total. The molecule has 6 heteroatoms. The largest absolute Gasteiger partial charge is 0.445 e. The van der Waals surface area contributed by atoms with E-state index in [1.165, 1.54) is 11.1 Å². The Balaban J connectivity index is 1.25. The minimum absolute atomic E-state index is 0.148. The highest BCUT2D eigenvalue weighted by molar-refractivity contribution is 5.68. The van der Waals surface area contributed by atoms with Crippen LogP contribution in [0.1, 0.15) is 43.4 Å². The second-order valence-corrected chi connectivity index (χ2v) is 10.0. The van der Waals surface area contributed by atoms with Crippen LogP contribution in [0.25, 0.3) is 0 Å². The van der Waals surface area contributed by atoms with Crippen LogP contribution in [0.2, 0.25) is 0 Å². The molecule has 0 radical (unpaired) electrons. The highest BCUT2D eigenvalue weighted by atomic mass is 16.6. The van der Waals surface area contributed by atoms with Crippen LogP contribution < -0.4 is 5.32 Å². The molecule has 0 aliphatic carbocycles. The number of aliphatic hydroxyl groups is 1. The number of rotatable bonds is 8. The molecule has 2 aromatic rings. The van der Waals surface area contributed by atoms with Gasteiger partial charge in [0.15, 0.2) is 0 Å². The van der Waals surface area contributed by atoms with Crippen LogP contribution in [0, 0.1) is 0 Å². The number of β-amino-alcohol motifs (C(OH)–C–C–N with tert-alkyl or cyclic N) is 1. The zero-order valence-corrected chi connectivity index (χ0v) is 19.9. The summed E-state index contributed by atoms with van der Waals surface area (Å²) < 4.78 is 5.52. The molecule has 1 fully saturated rings. The average Bonchev–Trinajstić information content (AvgIpc) is 3.32. The normalized spacial score (nSPS) is 19.8. The van der Waals surface area contributed by atoms with Gasteiger partial charge in [-0.1, -0.05) is 54.6 Å². The molecule has 2 aromatic carbocycles. The summed E-state index contributed by atoms with van der Waals surface area (Å²) in [5, 5.41) is 14.5. The van der Waals surface area contributed by atoms with Crippen LogP contribution >= 0.6 is 0 Å². The maximum Gasteiger partial charge on any atom is 0.410 e. The Labute approximate surface area is 197 Å². The van der Waals surface area contributed by atoms with Crippen LogP contribution in [-0.4, -0.2) is 64.9 Å². The van der Waals surface area contributed by atoms with Crippen molar-refractivity contribution >= 4 is 6.09 Å². The van der Waals surface area contributed by atoms with Crippen molar-refractivity contribution in [3.8, 4) is 0 Å². The van der Waals surface area contributed by atoms with E-state index in [9.17, 15) is 9.90 Å². The van der Waals surface area contributed by atoms with Gasteiger partial charge in [0.2, 0.25) is 0 Å². The SMILES string of the molecule is CC(C)(CN1CCc2ccccc2C1)NCC(O)C1CCCN1C(=O)OCc1ccccc1. The van der Waals surface area contributed by atoms with Crippen LogP contribution in [0.3, 0.4) is 0 Å². The van der Waals surface area contributed by atoms with Crippen molar-refractivity contribution in [2.24, 2.45) is 0 Å². The number of hydrogen-bond donors (Lipinski definition) is 2. The molecule has 2 aliphatic heterocycles. The molecule has 4 rings (SSSR count). The molecule has 0 bridgehead atoms. The number of amides is 1. The molecule has 2 aliphatic rings. The number of hydrogen-bond acceptors (Lipinski definition) is 5. The minimum atomic E-state index is -0.627. The molecule has 33 heavy (non-hydrogen) atoms. The van der Waals surface area contributed by atoms with E-state index < -0.39 is 6.10 Å². The van der Waals surface area contributed by atoms with Crippen molar-refractivity contribution in [2.45, 2.75) is 63.9 Å². The first-order valence-electron chi connectivity index (χ1n) is 12.1. The summed E-state index contributed by atoms with van der Waals surface area (Å²) in [5.41, 5.74) is 3.68. The first kappa shape index (κ1) is 23.7. The lowest BCUT2D eigenvalue weighted by atomic mass is 9.97. The maximum absolute atomic E-state index is 12.7. The summed E-state index contributed by atoms with van der Waals surface area (Å²) >= 11 is 0. The number of nitrogens with one attached hydrogen (secondary N) is 1. The van der Waals surface area contributed by atoms with Crippen molar-refractivity contribution < 1.29 is 14.6 Å². The van der Waals surface area contributed by atoms with E-state index in [2.05, 4.69) is 48.3 Å². The monoisotopic (exact) mass is 451 g/mol. The number of likely N-dealkylation sites (tertiary alicyclic amines) is 1. The van der Waals surface area contributed by atoms with Crippen LogP contribution in [-0.2, 0) is 24.3 Å². The molecule has 2 unspecified atom stereocenters. The van der Waals surface area contributed by atoms with Crippen molar-refractivity contribution in [3.63, 3.8) is 0 Å². The minimum Gasteiger partial charge on any atom is -0.445 e. The Bertz CT molecular complexity index is 918. The lowest BCUT2D eigenvalue weighted by molar-refractivity contribution is 0.0438. The molecule has 2 atom stereocenters. The molecule has 0 spiro atoms. The second-order valence-electron chi connectivity index (χ2n) is 10.0. The Morgan fingerprint density at radius 2 is 1.85 bits per heavy atom. The van der Waals surface area contributed by atoms with E-state index in [0.717, 1.165) is 44.5 Å². The number of nitrogens with zero attached hydrogens (tertiary/aromatic N) is 2. The summed E-state index contributed by atoms with van der Waals surface area (Å²) in [4.78, 5) is 16.8. The van der Waals surface area contributed by atoms with E-state index in [1.54, 1.807) is 4.90 Å². The van der Waals surface area contributed by atoms with E-state index in [0.29, 0.717) is 13.1 Å². The first-order chi connectivity index (χ1) is 15.9. The zero-order valence-electron chi connectivity index (χ0n) is 19.9. The van der Waals surface area contributed by atoms with Crippen LogP contribution in [0.15, 0.2) is 54.6 Å². The van der Waals surface area contributed by atoms with E-state index >= 15 is 0 Å². The number of carbonyl (C=O) groups excluding carboxylic acids is 1. The van der Waals surface area contributed by atoms with Gasteiger partial charge in [0.05, 0.1) is 12.1 Å².